The van der Waals surface area contributed by atoms with Crippen molar-refractivity contribution < 1.29 is 66.4 Å². The second-order valence-electron chi connectivity index (χ2n) is 9.72. The maximum absolute atomic E-state index is 11.6. The van der Waals surface area contributed by atoms with Gasteiger partial charge in [-0.2, -0.15) is 0 Å². The molecule has 0 saturated carbocycles. The molecule has 48 heavy (non-hydrogen) atoms. The first-order valence-electron chi connectivity index (χ1n) is 16.6. The molecule has 0 aliphatic heterocycles. The summed E-state index contributed by atoms with van der Waals surface area (Å²) in [5.41, 5.74) is 0.937. The summed E-state index contributed by atoms with van der Waals surface area (Å²) in [7, 11) is 1.64. The summed E-state index contributed by atoms with van der Waals surface area (Å²) in [4.78, 5) is 11.6. The number of alkyl carbamates (subject to hydrolysis) is 1. The lowest BCUT2D eigenvalue weighted by molar-refractivity contribution is -0.0280. The van der Waals surface area contributed by atoms with Crippen molar-refractivity contribution in [3.63, 3.8) is 0 Å². The van der Waals surface area contributed by atoms with Gasteiger partial charge in [-0.1, -0.05) is 30.3 Å². The fourth-order valence-electron chi connectivity index (χ4n) is 3.44. The summed E-state index contributed by atoms with van der Waals surface area (Å²) in [6.45, 7) is 12.1. The van der Waals surface area contributed by atoms with E-state index in [0.717, 1.165) is 5.56 Å². The van der Waals surface area contributed by atoms with Crippen LogP contribution in [0.3, 0.4) is 0 Å². The van der Waals surface area contributed by atoms with Crippen molar-refractivity contribution in [3.05, 3.63) is 35.9 Å². The zero-order valence-corrected chi connectivity index (χ0v) is 28.8. The smallest absolute Gasteiger partial charge is 0.407 e. The Labute approximate surface area is 285 Å². The van der Waals surface area contributed by atoms with E-state index in [2.05, 4.69) is 5.32 Å². The fraction of sp³-hybridized carbons (Fsp3) is 0.788. The second-order valence-corrected chi connectivity index (χ2v) is 9.72. The van der Waals surface area contributed by atoms with Gasteiger partial charge in [0.25, 0.3) is 0 Å². The van der Waals surface area contributed by atoms with Crippen LogP contribution in [0.5, 0.6) is 0 Å². The third-order valence-electron chi connectivity index (χ3n) is 5.88. The zero-order chi connectivity index (χ0) is 34.3. The molecule has 1 rings (SSSR count). The third kappa shape index (κ3) is 33.9. The summed E-state index contributed by atoms with van der Waals surface area (Å²) in [6, 6.07) is 9.50. The maximum Gasteiger partial charge on any atom is 0.407 e. The maximum atomic E-state index is 11.6. The summed E-state index contributed by atoms with van der Waals surface area (Å²) in [5, 5.41) is 2.64. The number of carbonyl (C=O) groups excluding carboxylic acids is 1. The minimum atomic E-state index is -0.470. The minimum Gasteiger partial charge on any atom is -0.445 e. The van der Waals surface area contributed by atoms with Gasteiger partial charge < -0.3 is 66.9 Å². The molecule has 0 unspecified atom stereocenters. The van der Waals surface area contributed by atoms with Crippen LogP contribution in [0.15, 0.2) is 30.3 Å². The van der Waals surface area contributed by atoms with Gasteiger partial charge in [0.15, 0.2) is 0 Å². The first kappa shape index (κ1) is 44.0. The summed E-state index contributed by atoms with van der Waals surface area (Å²) < 4.78 is 69.8. The van der Waals surface area contributed by atoms with E-state index in [0.29, 0.717) is 159 Å². The Balaban J connectivity index is 1.63. The molecular weight excluding hydrogens is 634 g/mol. The molecule has 0 bridgehead atoms. The van der Waals surface area contributed by atoms with E-state index >= 15 is 0 Å². The van der Waals surface area contributed by atoms with E-state index in [1.165, 1.54) is 0 Å². The van der Waals surface area contributed by atoms with Gasteiger partial charge in [-0.3, -0.25) is 0 Å². The molecule has 0 aliphatic rings. The Bertz CT molecular complexity index is 780. The topological polar surface area (TPSA) is 149 Å². The van der Waals surface area contributed by atoms with Crippen LogP contribution in [-0.2, 0) is 68.2 Å². The first-order chi connectivity index (χ1) is 23.8. The normalized spacial score (nSPS) is 11.3. The van der Waals surface area contributed by atoms with Crippen molar-refractivity contribution in [2.45, 2.75) is 6.61 Å². The molecule has 15 nitrogen and oxygen atoms in total. The number of hydrogen-bond donors (Lipinski definition) is 1. The Morgan fingerprint density at radius 2 is 0.729 bits per heavy atom. The summed E-state index contributed by atoms with van der Waals surface area (Å²) in [5.74, 6) is 0. The molecule has 1 aromatic carbocycles. The van der Waals surface area contributed by atoms with Crippen LogP contribution in [0, 0.1) is 0 Å². The van der Waals surface area contributed by atoms with Crippen LogP contribution >= 0.6 is 0 Å². The highest BCUT2D eigenvalue weighted by Gasteiger charge is 2.02. The van der Waals surface area contributed by atoms with Gasteiger partial charge in [0.05, 0.1) is 152 Å². The summed E-state index contributed by atoms with van der Waals surface area (Å²) >= 11 is 0. The molecule has 0 radical (unpaired) electrons. The van der Waals surface area contributed by atoms with Crippen LogP contribution < -0.4 is 5.32 Å². The van der Waals surface area contributed by atoms with E-state index in [1.807, 2.05) is 30.3 Å². The van der Waals surface area contributed by atoms with E-state index in [4.69, 9.17) is 61.6 Å². The number of benzene rings is 1. The van der Waals surface area contributed by atoms with E-state index < -0.39 is 6.09 Å². The molecule has 15 heteroatoms. The van der Waals surface area contributed by atoms with Gasteiger partial charge in [-0.05, 0) is 5.56 Å². The van der Waals surface area contributed by atoms with Gasteiger partial charge >= 0.3 is 6.09 Å². The predicted octanol–water partition coefficient (Wildman–Crippen LogP) is 1.74. The van der Waals surface area contributed by atoms with Crippen LogP contribution in [0.2, 0.25) is 0 Å². The van der Waals surface area contributed by atoms with Crippen molar-refractivity contribution in [3.8, 4) is 0 Å². The van der Waals surface area contributed by atoms with Gasteiger partial charge in [-0.15, -0.1) is 0 Å². The highest BCUT2D eigenvalue weighted by molar-refractivity contribution is 5.67. The average Bonchev–Trinajstić information content (AvgIpc) is 3.11. The highest BCUT2D eigenvalue weighted by atomic mass is 16.6. The minimum absolute atomic E-state index is 0.237. The first-order valence-corrected chi connectivity index (χ1v) is 16.6. The van der Waals surface area contributed by atoms with Crippen molar-refractivity contribution in [1.29, 1.82) is 0 Å². The average molecular weight is 694 g/mol. The SMILES string of the molecule is COCCOCCOCCOCCOCCOCCOCCOCCOCCOCCOCCOCCNC(=O)OCc1ccccc1. The van der Waals surface area contributed by atoms with Crippen LogP contribution in [0.1, 0.15) is 5.56 Å². The molecule has 1 amide bonds. The number of methoxy groups -OCH3 is 1. The number of nitrogens with one attached hydrogen (secondary N) is 1. The molecule has 280 valence electrons. The molecule has 0 aliphatic carbocycles. The van der Waals surface area contributed by atoms with Gasteiger partial charge in [0.2, 0.25) is 0 Å². The molecule has 0 saturated heterocycles. The number of ether oxygens (including phenoxy) is 13. The van der Waals surface area contributed by atoms with Crippen LogP contribution in [0.25, 0.3) is 0 Å². The van der Waals surface area contributed by atoms with Crippen molar-refractivity contribution in [1.82, 2.24) is 5.32 Å². The van der Waals surface area contributed by atoms with E-state index in [1.54, 1.807) is 7.11 Å². The van der Waals surface area contributed by atoms with Gasteiger partial charge in [0, 0.05) is 13.7 Å². The monoisotopic (exact) mass is 693 g/mol. The molecule has 0 fully saturated rings. The lowest BCUT2D eigenvalue weighted by Gasteiger charge is -2.09. The Kier molecular flexibility index (Phi) is 34.7. The highest BCUT2D eigenvalue weighted by Crippen LogP contribution is 2.00. The molecule has 0 spiro atoms. The lowest BCUT2D eigenvalue weighted by Crippen LogP contribution is -2.28. The second kappa shape index (κ2) is 37.8. The quantitative estimate of drug-likeness (QED) is 0.100. The zero-order valence-electron chi connectivity index (χ0n) is 28.8. The Morgan fingerprint density at radius 3 is 1.04 bits per heavy atom. The largest absolute Gasteiger partial charge is 0.445 e. The molecule has 0 atom stereocenters. The molecule has 1 aromatic rings. The van der Waals surface area contributed by atoms with Crippen molar-refractivity contribution in [2.24, 2.45) is 0 Å². The van der Waals surface area contributed by atoms with Crippen LogP contribution in [0.4, 0.5) is 4.79 Å². The molecular formula is C33H59NO14. The fourth-order valence-corrected chi connectivity index (χ4v) is 3.44. The molecule has 0 aromatic heterocycles. The van der Waals surface area contributed by atoms with Crippen molar-refractivity contribution in [2.75, 3.05) is 166 Å². The molecule has 0 heterocycles. The predicted molar refractivity (Wildman–Crippen MR) is 176 cm³/mol. The van der Waals surface area contributed by atoms with E-state index in [-0.39, 0.29) is 6.61 Å². The number of rotatable bonds is 38. The van der Waals surface area contributed by atoms with Crippen molar-refractivity contribution >= 4 is 6.09 Å². The van der Waals surface area contributed by atoms with Crippen LogP contribution in [-0.4, -0.2) is 172 Å². The standard InChI is InChI=1S/C33H59NO14/c1-36-9-10-38-13-14-40-17-18-42-21-22-44-25-26-46-29-30-47-28-27-45-24-23-43-20-19-41-16-15-39-12-11-37-8-7-34-33(35)48-31-32-5-3-2-4-6-32/h2-6H,7-31H2,1H3,(H,34,35). The lowest BCUT2D eigenvalue weighted by atomic mass is 10.2. The number of carbonyl (C=O) groups is 1. The number of hydrogen-bond acceptors (Lipinski definition) is 14. The molecule has 1 N–H and O–H groups in total. The Morgan fingerprint density at radius 1 is 0.438 bits per heavy atom. The summed E-state index contributed by atoms with van der Waals surface area (Å²) in [6.07, 6.45) is -0.470. The third-order valence-corrected chi connectivity index (χ3v) is 5.88. The van der Waals surface area contributed by atoms with Gasteiger partial charge in [-0.25, -0.2) is 4.79 Å². The Hall–Kier alpha value is -1.99. The number of amides is 1. The van der Waals surface area contributed by atoms with E-state index in [9.17, 15) is 4.79 Å². The van der Waals surface area contributed by atoms with Gasteiger partial charge in [0.1, 0.15) is 6.61 Å².